The topological polar surface area (TPSA) is 19.4 Å². The molecule has 0 aromatic carbocycles. The van der Waals surface area contributed by atoms with Gasteiger partial charge in [-0.3, -0.25) is 0 Å². The van der Waals surface area contributed by atoms with Crippen LogP contribution >= 0.6 is 0 Å². The van der Waals surface area contributed by atoms with E-state index in [4.69, 9.17) is 0 Å². The SMILES string of the molecule is Cc1ccc(N2CCN(C)C(C)C2)c(F)n1. The molecule has 1 aliphatic rings. The number of halogens is 1. The molecular formula is C12H18FN3. The molecule has 88 valence electrons. The minimum Gasteiger partial charge on any atom is -0.365 e. The number of hydrogen-bond donors (Lipinski definition) is 0. The summed E-state index contributed by atoms with van der Waals surface area (Å²) in [5, 5.41) is 0. The maximum absolute atomic E-state index is 13.7. The number of hydrogen-bond acceptors (Lipinski definition) is 3. The number of nitrogens with zero attached hydrogens (tertiary/aromatic N) is 3. The van der Waals surface area contributed by atoms with E-state index in [0.717, 1.165) is 25.3 Å². The molecule has 3 nitrogen and oxygen atoms in total. The normalized spacial score (nSPS) is 22.5. The summed E-state index contributed by atoms with van der Waals surface area (Å²) in [7, 11) is 2.10. The first-order valence-corrected chi connectivity index (χ1v) is 5.66. The lowest BCUT2D eigenvalue weighted by atomic mass is 10.2. The number of likely N-dealkylation sites (N-methyl/N-ethyl adjacent to an activating group) is 1. The summed E-state index contributed by atoms with van der Waals surface area (Å²) in [5.74, 6) is -0.350. The Kier molecular flexibility index (Phi) is 3.10. The summed E-state index contributed by atoms with van der Waals surface area (Å²) >= 11 is 0. The predicted molar refractivity (Wildman–Crippen MR) is 63.2 cm³/mol. The lowest BCUT2D eigenvalue weighted by molar-refractivity contribution is 0.233. The number of aryl methyl sites for hydroxylation is 1. The molecule has 0 bridgehead atoms. The van der Waals surface area contributed by atoms with Crippen LogP contribution in [0.2, 0.25) is 0 Å². The van der Waals surface area contributed by atoms with Crippen molar-refractivity contribution in [1.82, 2.24) is 9.88 Å². The molecule has 2 heterocycles. The van der Waals surface area contributed by atoms with Gasteiger partial charge in [0, 0.05) is 31.4 Å². The summed E-state index contributed by atoms with van der Waals surface area (Å²) in [4.78, 5) is 8.23. The third-order valence-electron chi connectivity index (χ3n) is 3.27. The molecule has 0 radical (unpaired) electrons. The Morgan fingerprint density at radius 2 is 2.12 bits per heavy atom. The van der Waals surface area contributed by atoms with Crippen molar-refractivity contribution in [2.45, 2.75) is 19.9 Å². The van der Waals surface area contributed by atoms with Crippen molar-refractivity contribution in [3.8, 4) is 0 Å². The van der Waals surface area contributed by atoms with Crippen molar-refractivity contribution < 1.29 is 4.39 Å². The number of anilines is 1. The molecule has 0 saturated carbocycles. The number of rotatable bonds is 1. The van der Waals surface area contributed by atoms with Gasteiger partial charge in [0.05, 0.1) is 5.69 Å². The Hall–Kier alpha value is -1.16. The first-order chi connectivity index (χ1) is 7.58. The molecule has 1 fully saturated rings. The van der Waals surface area contributed by atoms with E-state index >= 15 is 0 Å². The second-order valence-corrected chi connectivity index (χ2v) is 4.54. The molecule has 4 heteroatoms. The highest BCUT2D eigenvalue weighted by Gasteiger charge is 2.22. The third kappa shape index (κ3) is 2.16. The van der Waals surface area contributed by atoms with Crippen LogP contribution in [0.25, 0.3) is 0 Å². The Morgan fingerprint density at radius 3 is 2.75 bits per heavy atom. The van der Waals surface area contributed by atoms with E-state index in [1.54, 1.807) is 6.92 Å². The van der Waals surface area contributed by atoms with Crippen LogP contribution in [0.3, 0.4) is 0 Å². The van der Waals surface area contributed by atoms with Gasteiger partial charge in [-0.15, -0.1) is 0 Å². The first-order valence-electron chi connectivity index (χ1n) is 5.66. The quantitative estimate of drug-likeness (QED) is 0.675. The number of piperazine rings is 1. The summed E-state index contributed by atoms with van der Waals surface area (Å²) in [6, 6.07) is 4.14. The van der Waals surface area contributed by atoms with E-state index in [-0.39, 0.29) is 5.95 Å². The van der Waals surface area contributed by atoms with Crippen molar-refractivity contribution in [3.05, 3.63) is 23.8 Å². The molecular weight excluding hydrogens is 205 g/mol. The fourth-order valence-corrected chi connectivity index (χ4v) is 2.02. The van der Waals surface area contributed by atoms with Crippen molar-refractivity contribution >= 4 is 5.69 Å². The van der Waals surface area contributed by atoms with Crippen molar-refractivity contribution in [2.75, 3.05) is 31.6 Å². The van der Waals surface area contributed by atoms with Gasteiger partial charge in [-0.05, 0) is 33.0 Å². The molecule has 1 aliphatic heterocycles. The van der Waals surface area contributed by atoms with Crippen molar-refractivity contribution in [1.29, 1.82) is 0 Å². The maximum Gasteiger partial charge on any atom is 0.236 e. The Bertz CT molecular complexity index is 381. The molecule has 0 N–H and O–H groups in total. The van der Waals surface area contributed by atoms with Crippen LogP contribution in [0.1, 0.15) is 12.6 Å². The van der Waals surface area contributed by atoms with Crippen LogP contribution in [-0.2, 0) is 0 Å². The molecule has 16 heavy (non-hydrogen) atoms. The van der Waals surface area contributed by atoms with Gasteiger partial charge < -0.3 is 9.80 Å². The van der Waals surface area contributed by atoms with Crippen LogP contribution in [0.15, 0.2) is 12.1 Å². The minimum absolute atomic E-state index is 0.350. The average molecular weight is 223 g/mol. The fourth-order valence-electron chi connectivity index (χ4n) is 2.02. The first kappa shape index (κ1) is 11.3. The summed E-state index contributed by atoms with van der Waals surface area (Å²) in [5.41, 5.74) is 1.36. The monoisotopic (exact) mass is 223 g/mol. The lowest BCUT2D eigenvalue weighted by Gasteiger charge is -2.38. The summed E-state index contributed by atoms with van der Waals surface area (Å²) in [6.45, 7) is 6.65. The van der Waals surface area contributed by atoms with Gasteiger partial charge in [0.2, 0.25) is 5.95 Å². The smallest absolute Gasteiger partial charge is 0.236 e. The molecule has 1 atom stereocenters. The number of aromatic nitrogens is 1. The predicted octanol–water partition coefficient (Wildman–Crippen LogP) is 1.67. The highest BCUT2D eigenvalue weighted by molar-refractivity contribution is 5.46. The maximum atomic E-state index is 13.7. The van der Waals surface area contributed by atoms with Crippen LogP contribution in [0.5, 0.6) is 0 Å². The van der Waals surface area contributed by atoms with E-state index in [9.17, 15) is 4.39 Å². The Morgan fingerprint density at radius 1 is 1.38 bits per heavy atom. The molecule has 1 aromatic heterocycles. The van der Waals surface area contributed by atoms with Crippen molar-refractivity contribution in [2.24, 2.45) is 0 Å². The van der Waals surface area contributed by atoms with Crippen LogP contribution in [-0.4, -0.2) is 42.6 Å². The van der Waals surface area contributed by atoms with Gasteiger partial charge in [-0.25, -0.2) is 4.98 Å². The van der Waals surface area contributed by atoms with Gasteiger partial charge in [-0.1, -0.05) is 0 Å². The molecule has 2 rings (SSSR count). The van der Waals surface area contributed by atoms with E-state index in [0.29, 0.717) is 11.7 Å². The fraction of sp³-hybridized carbons (Fsp3) is 0.583. The average Bonchev–Trinajstić information content (AvgIpc) is 2.22. The van der Waals surface area contributed by atoms with Gasteiger partial charge in [0.1, 0.15) is 0 Å². The highest BCUT2D eigenvalue weighted by Crippen LogP contribution is 2.21. The third-order valence-corrected chi connectivity index (χ3v) is 3.27. The van der Waals surface area contributed by atoms with Gasteiger partial charge in [0.25, 0.3) is 0 Å². The van der Waals surface area contributed by atoms with Crippen LogP contribution < -0.4 is 4.90 Å². The summed E-state index contributed by atoms with van der Waals surface area (Å²) in [6.07, 6.45) is 0. The van der Waals surface area contributed by atoms with Gasteiger partial charge >= 0.3 is 0 Å². The van der Waals surface area contributed by atoms with E-state index in [2.05, 4.69) is 28.8 Å². The molecule has 1 unspecified atom stereocenters. The molecule has 0 amide bonds. The van der Waals surface area contributed by atoms with E-state index in [1.165, 1.54) is 0 Å². The highest BCUT2D eigenvalue weighted by atomic mass is 19.1. The Labute approximate surface area is 95.9 Å². The number of pyridine rings is 1. The summed E-state index contributed by atoms with van der Waals surface area (Å²) < 4.78 is 13.7. The van der Waals surface area contributed by atoms with Gasteiger partial charge in [-0.2, -0.15) is 4.39 Å². The lowest BCUT2D eigenvalue weighted by Crippen LogP contribution is -2.50. The van der Waals surface area contributed by atoms with Crippen LogP contribution in [0.4, 0.5) is 10.1 Å². The van der Waals surface area contributed by atoms with E-state index in [1.807, 2.05) is 12.1 Å². The Balaban J connectivity index is 2.18. The molecule has 0 spiro atoms. The zero-order valence-corrected chi connectivity index (χ0v) is 10.1. The molecule has 1 aromatic rings. The van der Waals surface area contributed by atoms with Crippen LogP contribution in [0, 0.1) is 12.9 Å². The van der Waals surface area contributed by atoms with E-state index < -0.39 is 0 Å². The molecule has 1 saturated heterocycles. The van der Waals surface area contributed by atoms with Crippen molar-refractivity contribution in [3.63, 3.8) is 0 Å². The molecule has 0 aliphatic carbocycles. The zero-order valence-electron chi connectivity index (χ0n) is 10.1. The second kappa shape index (κ2) is 4.37. The zero-order chi connectivity index (χ0) is 11.7. The van der Waals surface area contributed by atoms with Gasteiger partial charge in [0.15, 0.2) is 0 Å². The largest absolute Gasteiger partial charge is 0.365 e. The standard InChI is InChI=1S/C12H18FN3/c1-9-4-5-11(12(13)14-9)16-7-6-15(3)10(2)8-16/h4-5,10H,6-8H2,1-3H3. The minimum atomic E-state index is -0.350. The second-order valence-electron chi connectivity index (χ2n) is 4.54.